The van der Waals surface area contributed by atoms with E-state index in [1.54, 1.807) is 6.26 Å². The zero-order valence-corrected chi connectivity index (χ0v) is 11.3. The highest BCUT2D eigenvalue weighted by Gasteiger charge is 2.11. The van der Waals surface area contributed by atoms with E-state index >= 15 is 0 Å². The maximum absolute atomic E-state index is 5.59. The molecule has 0 aliphatic rings. The number of oxazole rings is 1. The zero-order valence-electron chi connectivity index (χ0n) is 11.3. The number of hydrogen-bond acceptors (Lipinski definition) is 3. The zero-order chi connectivity index (χ0) is 13.0. The molecule has 1 aromatic carbocycles. The van der Waals surface area contributed by atoms with Gasteiger partial charge in [-0.1, -0.05) is 25.1 Å². The minimum absolute atomic E-state index is 0.721. The normalized spacial score (nSPS) is 10.8. The summed E-state index contributed by atoms with van der Waals surface area (Å²) in [6.07, 6.45) is 2.87. The first-order valence-corrected chi connectivity index (χ1v) is 6.44. The third-order valence-corrected chi connectivity index (χ3v) is 2.98. The highest BCUT2D eigenvalue weighted by atomic mass is 16.3. The van der Waals surface area contributed by atoms with E-state index in [0.29, 0.717) is 0 Å². The molecule has 3 nitrogen and oxygen atoms in total. The largest absolute Gasteiger partial charge is 0.444 e. The summed E-state index contributed by atoms with van der Waals surface area (Å²) in [6, 6.07) is 6.23. The highest BCUT2D eigenvalue weighted by Crippen LogP contribution is 2.26. The third-order valence-electron chi connectivity index (χ3n) is 2.98. The molecule has 96 valence electrons. The number of aryl methyl sites for hydroxylation is 2. The van der Waals surface area contributed by atoms with Crippen molar-refractivity contribution in [1.29, 1.82) is 0 Å². The first kappa shape index (κ1) is 12.8. The Bertz CT molecular complexity index is 497. The first-order chi connectivity index (χ1) is 8.72. The molecule has 0 bridgehead atoms. The summed E-state index contributed by atoms with van der Waals surface area (Å²) in [4.78, 5) is 4.54. The van der Waals surface area contributed by atoms with E-state index in [4.69, 9.17) is 4.42 Å². The van der Waals surface area contributed by atoms with Crippen LogP contribution in [0.3, 0.4) is 0 Å². The fourth-order valence-electron chi connectivity index (χ4n) is 2.05. The van der Waals surface area contributed by atoms with Crippen molar-refractivity contribution in [3.63, 3.8) is 0 Å². The lowest BCUT2D eigenvalue weighted by Gasteiger charge is -2.04. The molecule has 0 fully saturated rings. The molecule has 1 aromatic heterocycles. The molecule has 0 saturated heterocycles. The van der Waals surface area contributed by atoms with Gasteiger partial charge in [0.05, 0.1) is 5.69 Å². The molecule has 1 N–H and O–H groups in total. The Balaban J connectivity index is 2.19. The van der Waals surface area contributed by atoms with Gasteiger partial charge in [0.2, 0.25) is 5.89 Å². The van der Waals surface area contributed by atoms with Gasteiger partial charge in [-0.2, -0.15) is 0 Å². The van der Waals surface area contributed by atoms with Crippen LogP contribution in [0, 0.1) is 13.8 Å². The number of nitrogens with zero attached hydrogens (tertiary/aromatic N) is 1. The van der Waals surface area contributed by atoms with E-state index in [0.717, 1.165) is 36.7 Å². The van der Waals surface area contributed by atoms with Gasteiger partial charge in [-0.25, -0.2) is 4.98 Å². The van der Waals surface area contributed by atoms with Crippen LogP contribution >= 0.6 is 0 Å². The van der Waals surface area contributed by atoms with E-state index in [2.05, 4.69) is 49.3 Å². The van der Waals surface area contributed by atoms with Crippen LogP contribution in [0.25, 0.3) is 11.5 Å². The van der Waals surface area contributed by atoms with E-state index in [1.165, 1.54) is 11.1 Å². The monoisotopic (exact) mass is 244 g/mol. The lowest BCUT2D eigenvalue weighted by molar-refractivity contribution is 0.569. The number of aromatic nitrogens is 1. The van der Waals surface area contributed by atoms with Crippen molar-refractivity contribution in [3.8, 4) is 11.5 Å². The maximum atomic E-state index is 5.59. The quantitative estimate of drug-likeness (QED) is 0.818. The molecule has 1 heterocycles. The summed E-state index contributed by atoms with van der Waals surface area (Å²) in [5, 5.41) is 3.32. The van der Waals surface area contributed by atoms with Crippen LogP contribution in [0.5, 0.6) is 0 Å². The van der Waals surface area contributed by atoms with E-state index in [1.807, 2.05) is 0 Å². The molecule has 3 heteroatoms. The minimum atomic E-state index is 0.721. The van der Waals surface area contributed by atoms with Crippen molar-refractivity contribution in [2.24, 2.45) is 0 Å². The molecule has 0 saturated carbocycles. The van der Waals surface area contributed by atoms with Crippen LogP contribution in [0.2, 0.25) is 0 Å². The van der Waals surface area contributed by atoms with Crippen LogP contribution in [0.4, 0.5) is 0 Å². The number of hydrogen-bond donors (Lipinski definition) is 1. The SMILES string of the molecule is CCCNCc1coc(-c2c(C)cccc2C)n1. The molecule has 0 radical (unpaired) electrons. The van der Waals surface area contributed by atoms with Crippen molar-refractivity contribution in [2.45, 2.75) is 33.7 Å². The average Bonchev–Trinajstić information content (AvgIpc) is 2.78. The molecule has 0 spiro atoms. The van der Waals surface area contributed by atoms with Gasteiger partial charge < -0.3 is 9.73 Å². The second-order valence-electron chi connectivity index (χ2n) is 4.59. The Labute approximate surface area is 108 Å². The van der Waals surface area contributed by atoms with Gasteiger partial charge in [-0.05, 0) is 37.9 Å². The number of benzene rings is 1. The summed E-state index contributed by atoms with van der Waals surface area (Å²) < 4.78 is 5.59. The summed E-state index contributed by atoms with van der Waals surface area (Å²) in [6.45, 7) is 8.09. The third kappa shape index (κ3) is 2.79. The minimum Gasteiger partial charge on any atom is -0.444 e. The Hall–Kier alpha value is -1.61. The van der Waals surface area contributed by atoms with Gasteiger partial charge in [-0.15, -0.1) is 0 Å². The van der Waals surface area contributed by atoms with Gasteiger partial charge in [0.1, 0.15) is 6.26 Å². The van der Waals surface area contributed by atoms with Crippen molar-refractivity contribution >= 4 is 0 Å². The van der Waals surface area contributed by atoms with Crippen LogP contribution in [-0.4, -0.2) is 11.5 Å². The van der Waals surface area contributed by atoms with Gasteiger partial charge in [0.15, 0.2) is 0 Å². The summed E-state index contributed by atoms with van der Waals surface area (Å²) in [5.41, 5.74) is 4.47. The molecule has 2 rings (SSSR count). The molecule has 0 atom stereocenters. The fourth-order valence-corrected chi connectivity index (χ4v) is 2.05. The number of rotatable bonds is 5. The van der Waals surface area contributed by atoms with E-state index < -0.39 is 0 Å². The topological polar surface area (TPSA) is 38.1 Å². The van der Waals surface area contributed by atoms with Crippen LogP contribution in [0.1, 0.15) is 30.2 Å². The fraction of sp³-hybridized carbons (Fsp3) is 0.400. The van der Waals surface area contributed by atoms with Gasteiger partial charge in [0, 0.05) is 12.1 Å². The molecular formula is C15H20N2O. The maximum Gasteiger partial charge on any atom is 0.226 e. The van der Waals surface area contributed by atoms with Crippen molar-refractivity contribution in [1.82, 2.24) is 10.3 Å². The molecule has 2 aromatic rings. The molecule has 0 aliphatic heterocycles. The smallest absolute Gasteiger partial charge is 0.226 e. The predicted molar refractivity (Wildman–Crippen MR) is 73.4 cm³/mol. The second-order valence-corrected chi connectivity index (χ2v) is 4.59. The molecule has 0 aliphatic carbocycles. The Morgan fingerprint density at radius 1 is 1.22 bits per heavy atom. The Morgan fingerprint density at radius 3 is 2.61 bits per heavy atom. The summed E-state index contributed by atoms with van der Waals surface area (Å²) in [7, 11) is 0. The predicted octanol–water partition coefficient (Wildman–Crippen LogP) is 3.46. The van der Waals surface area contributed by atoms with Crippen molar-refractivity contribution in [3.05, 3.63) is 41.3 Å². The molecule has 0 amide bonds. The van der Waals surface area contributed by atoms with Crippen molar-refractivity contribution in [2.75, 3.05) is 6.54 Å². The van der Waals surface area contributed by atoms with Crippen LogP contribution in [0.15, 0.2) is 28.9 Å². The first-order valence-electron chi connectivity index (χ1n) is 6.44. The van der Waals surface area contributed by atoms with Crippen LogP contribution < -0.4 is 5.32 Å². The summed E-state index contributed by atoms with van der Waals surface area (Å²) >= 11 is 0. The van der Waals surface area contributed by atoms with Gasteiger partial charge >= 0.3 is 0 Å². The molecular weight excluding hydrogens is 224 g/mol. The molecule has 18 heavy (non-hydrogen) atoms. The molecule has 0 unspecified atom stereocenters. The van der Waals surface area contributed by atoms with Crippen molar-refractivity contribution < 1.29 is 4.42 Å². The lowest BCUT2D eigenvalue weighted by atomic mass is 10.0. The average molecular weight is 244 g/mol. The Kier molecular flexibility index (Phi) is 4.15. The van der Waals surface area contributed by atoms with Crippen LogP contribution in [-0.2, 0) is 6.54 Å². The van der Waals surface area contributed by atoms with Gasteiger partial charge in [0.25, 0.3) is 0 Å². The van der Waals surface area contributed by atoms with E-state index in [9.17, 15) is 0 Å². The number of nitrogens with one attached hydrogen (secondary N) is 1. The standard InChI is InChI=1S/C15H20N2O/c1-4-8-16-9-13-10-18-15(17-13)14-11(2)6-5-7-12(14)3/h5-7,10,16H,4,8-9H2,1-3H3. The van der Waals surface area contributed by atoms with Gasteiger partial charge in [-0.3, -0.25) is 0 Å². The lowest BCUT2D eigenvalue weighted by Crippen LogP contribution is -2.13. The highest BCUT2D eigenvalue weighted by molar-refractivity contribution is 5.63. The summed E-state index contributed by atoms with van der Waals surface area (Å²) in [5.74, 6) is 0.721. The van der Waals surface area contributed by atoms with E-state index in [-0.39, 0.29) is 0 Å². The Morgan fingerprint density at radius 2 is 1.94 bits per heavy atom. The second kappa shape index (κ2) is 5.83.